The van der Waals surface area contributed by atoms with Crippen LogP contribution in [0.5, 0.6) is 0 Å². The largest absolute Gasteiger partial charge is 0.454 e. The van der Waals surface area contributed by atoms with E-state index in [1.54, 1.807) is 16.7 Å². The van der Waals surface area contributed by atoms with Gasteiger partial charge in [-0.2, -0.15) is 0 Å². The third-order valence-electron chi connectivity index (χ3n) is 4.48. The molecule has 2 amide bonds. The van der Waals surface area contributed by atoms with E-state index in [0.717, 1.165) is 17.0 Å². The van der Waals surface area contributed by atoms with Crippen molar-refractivity contribution in [2.75, 3.05) is 24.6 Å². The van der Waals surface area contributed by atoms with E-state index in [4.69, 9.17) is 27.9 Å². The van der Waals surface area contributed by atoms with Gasteiger partial charge in [-0.15, -0.1) is 11.8 Å². The maximum absolute atomic E-state index is 12.7. The fourth-order valence-corrected chi connectivity index (χ4v) is 4.32. The van der Waals surface area contributed by atoms with Crippen LogP contribution in [0.2, 0.25) is 10.0 Å². The molecule has 1 aliphatic heterocycles. The summed E-state index contributed by atoms with van der Waals surface area (Å²) in [7, 11) is 0. The second kappa shape index (κ2) is 10.2. The van der Waals surface area contributed by atoms with E-state index in [1.165, 1.54) is 18.2 Å². The van der Waals surface area contributed by atoms with Crippen LogP contribution in [0.25, 0.3) is 0 Å². The monoisotopic (exact) mass is 466 g/mol. The first-order valence-electron chi connectivity index (χ1n) is 9.30. The molecule has 6 nitrogen and oxygen atoms in total. The van der Waals surface area contributed by atoms with Crippen molar-refractivity contribution in [2.24, 2.45) is 0 Å². The Morgan fingerprint density at radius 3 is 2.70 bits per heavy atom. The number of fused-ring (bicyclic) bond motifs is 1. The first-order valence-corrected chi connectivity index (χ1v) is 10.9. The molecule has 158 valence electrons. The molecule has 0 radical (unpaired) electrons. The Hall–Kier alpha value is -2.22. The van der Waals surface area contributed by atoms with Crippen molar-refractivity contribution in [1.29, 1.82) is 0 Å². The number of para-hydroxylation sites is 1. The lowest BCUT2D eigenvalue weighted by Crippen LogP contribution is -2.37. The van der Waals surface area contributed by atoms with Crippen molar-refractivity contribution < 1.29 is 19.1 Å². The minimum absolute atomic E-state index is 0.239. The zero-order valence-corrected chi connectivity index (χ0v) is 18.5. The van der Waals surface area contributed by atoms with Gasteiger partial charge >= 0.3 is 5.97 Å². The van der Waals surface area contributed by atoms with Gasteiger partial charge in [-0.3, -0.25) is 14.4 Å². The van der Waals surface area contributed by atoms with E-state index in [9.17, 15) is 14.4 Å². The molecule has 3 rings (SSSR count). The molecule has 1 heterocycles. The van der Waals surface area contributed by atoms with Crippen molar-refractivity contribution in [1.82, 2.24) is 5.32 Å². The Morgan fingerprint density at radius 2 is 1.93 bits per heavy atom. The molecule has 0 aliphatic carbocycles. The molecule has 1 unspecified atom stereocenters. The number of rotatable bonds is 5. The molecule has 1 aliphatic rings. The second-order valence-electron chi connectivity index (χ2n) is 6.70. The van der Waals surface area contributed by atoms with Gasteiger partial charge in [0.05, 0.1) is 15.7 Å². The standard InChI is InChI=1S/C21H20Cl2N2O4S/c1-13-8-9-25(17-4-2-3-5-18(17)30-13)19(26)12-29-20(27)11-24-21(28)14-6-7-15(22)16(23)10-14/h2-7,10,13H,8-9,11-12H2,1H3,(H,24,28). The molecular formula is C21H20Cl2N2O4S. The highest BCUT2D eigenvalue weighted by molar-refractivity contribution is 8.00. The predicted octanol–water partition coefficient (Wildman–Crippen LogP) is 4.18. The van der Waals surface area contributed by atoms with Crippen LogP contribution in [-0.2, 0) is 14.3 Å². The van der Waals surface area contributed by atoms with Crippen LogP contribution in [0.4, 0.5) is 5.69 Å². The molecule has 1 atom stereocenters. The molecule has 0 aromatic heterocycles. The van der Waals surface area contributed by atoms with E-state index in [2.05, 4.69) is 12.2 Å². The van der Waals surface area contributed by atoms with E-state index in [0.29, 0.717) is 16.8 Å². The number of ether oxygens (including phenoxy) is 1. The first-order chi connectivity index (χ1) is 14.3. The Kier molecular flexibility index (Phi) is 7.64. The van der Waals surface area contributed by atoms with Crippen LogP contribution < -0.4 is 10.2 Å². The summed E-state index contributed by atoms with van der Waals surface area (Å²) in [5.74, 6) is -1.51. The summed E-state index contributed by atoms with van der Waals surface area (Å²) in [5.41, 5.74) is 1.09. The van der Waals surface area contributed by atoms with Crippen molar-refractivity contribution in [3.63, 3.8) is 0 Å². The van der Waals surface area contributed by atoms with Crippen molar-refractivity contribution >= 4 is 58.4 Å². The number of benzene rings is 2. The number of thioether (sulfide) groups is 1. The summed E-state index contributed by atoms with van der Waals surface area (Å²) < 4.78 is 5.07. The topological polar surface area (TPSA) is 75.7 Å². The van der Waals surface area contributed by atoms with Gasteiger partial charge < -0.3 is 15.0 Å². The SMILES string of the molecule is CC1CCN(C(=O)COC(=O)CNC(=O)c2ccc(Cl)c(Cl)c2)c2ccccc2S1. The lowest BCUT2D eigenvalue weighted by atomic mass is 10.2. The molecule has 2 aromatic rings. The maximum atomic E-state index is 12.7. The van der Waals surface area contributed by atoms with Gasteiger partial charge in [0.2, 0.25) is 0 Å². The fraction of sp³-hybridized carbons (Fsp3) is 0.286. The molecule has 0 fully saturated rings. The number of nitrogens with one attached hydrogen (secondary N) is 1. The molecule has 9 heteroatoms. The quantitative estimate of drug-likeness (QED) is 0.668. The summed E-state index contributed by atoms with van der Waals surface area (Å²) >= 11 is 13.4. The number of carbonyl (C=O) groups is 3. The van der Waals surface area contributed by atoms with Gasteiger partial charge in [0.15, 0.2) is 6.61 Å². The highest BCUT2D eigenvalue weighted by atomic mass is 35.5. The van der Waals surface area contributed by atoms with Gasteiger partial charge in [-0.05, 0) is 36.8 Å². The number of hydrogen-bond acceptors (Lipinski definition) is 5. The summed E-state index contributed by atoms with van der Waals surface area (Å²) in [6.45, 7) is 1.91. The number of anilines is 1. The minimum atomic E-state index is -0.706. The van der Waals surface area contributed by atoms with E-state index in [-0.39, 0.29) is 23.0 Å². The molecule has 0 saturated carbocycles. The third-order valence-corrected chi connectivity index (χ3v) is 6.45. The van der Waals surface area contributed by atoms with Gasteiger partial charge in [0.25, 0.3) is 11.8 Å². The summed E-state index contributed by atoms with van der Waals surface area (Å²) in [6, 6.07) is 12.1. The lowest BCUT2D eigenvalue weighted by Gasteiger charge is -2.22. The number of amides is 2. The normalized spacial score (nSPS) is 15.7. The van der Waals surface area contributed by atoms with Crippen molar-refractivity contribution in [2.45, 2.75) is 23.5 Å². The van der Waals surface area contributed by atoms with Gasteiger partial charge in [0, 0.05) is 22.3 Å². The van der Waals surface area contributed by atoms with Gasteiger partial charge in [-0.1, -0.05) is 42.3 Å². The van der Waals surface area contributed by atoms with Gasteiger partial charge in [0.1, 0.15) is 6.54 Å². The highest BCUT2D eigenvalue weighted by Gasteiger charge is 2.24. The molecule has 2 aromatic carbocycles. The van der Waals surface area contributed by atoms with Crippen molar-refractivity contribution in [3.8, 4) is 0 Å². The second-order valence-corrected chi connectivity index (χ2v) is 9.00. The summed E-state index contributed by atoms with van der Waals surface area (Å²) in [6.07, 6.45) is 0.832. The average Bonchev–Trinajstić information content (AvgIpc) is 2.90. The predicted molar refractivity (Wildman–Crippen MR) is 118 cm³/mol. The Labute approximate surface area is 188 Å². The van der Waals surface area contributed by atoms with Crippen LogP contribution in [0.1, 0.15) is 23.7 Å². The maximum Gasteiger partial charge on any atom is 0.325 e. The zero-order valence-electron chi connectivity index (χ0n) is 16.2. The van der Waals surface area contributed by atoms with Crippen LogP contribution in [0.15, 0.2) is 47.4 Å². The number of esters is 1. The number of hydrogen-bond donors (Lipinski definition) is 1. The smallest absolute Gasteiger partial charge is 0.325 e. The summed E-state index contributed by atoms with van der Waals surface area (Å²) in [4.78, 5) is 39.4. The number of carbonyl (C=O) groups excluding carboxylic acids is 3. The Balaban J connectivity index is 1.52. The molecule has 1 N–H and O–H groups in total. The molecule has 0 saturated heterocycles. The third kappa shape index (κ3) is 5.68. The van der Waals surface area contributed by atoms with Crippen LogP contribution in [0, 0.1) is 0 Å². The van der Waals surface area contributed by atoms with Crippen LogP contribution in [-0.4, -0.2) is 42.7 Å². The lowest BCUT2D eigenvalue weighted by molar-refractivity contribution is -0.146. The minimum Gasteiger partial charge on any atom is -0.454 e. The Bertz CT molecular complexity index is 970. The van der Waals surface area contributed by atoms with E-state index < -0.39 is 18.5 Å². The molecular weight excluding hydrogens is 447 g/mol. The first kappa shape index (κ1) is 22.5. The van der Waals surface area contributed by atoms with E-state index in [1.807, 2.05) is 24.3 Å². The molecule has 30 heavy (non-hydrogen) atoms. The number of nitrogens with zero attached hydrogens (tertiary/aromatic N) is 1. The Morgan fingerprint density at radius 1 is 1.17 bits per heavy atom. The molecule has 0 bridgehead atoms. The van der Waals surface area contributed by atoms with Crippen molar-refractivity contribution in [3.05, 3.63) is 58.1 Å². The van der Waals surface area contributed by atoms with E-state index >= 15 is 0 Å². The highest BCUT2D eigenvalue weighted by Crippen LogP contribution is 2.37. The average molecular weight is 467 g/mol. The summed E-state index contributed by atoms with van der Waals surface area (Å²) in [5, 5.41) is 3.38. The molecule has 0 spiro atoms. The fourth-order valence-electron chi connectivity index (χ4n) is 2.91. The number of halogens is 2. The van der Waals surface area contributed by atoms with Crippen LogP contribution >= 0.6 is 35.0 Å². The van der Waals surface area contributed by atoms with Crippen LogP contribution in [0.3, 0.4) is 0 Å². The zero-order chi connectivity index (χ0) is 21.7. The van der Waals surface area contributed by atoms with Gasteiger partial charge in [-0.25, -0.2) is 0 Å².